The molecule has 0 amide bonds. The predicted molar refractivity (Wildman–Crippen MR) is 95.9 cm³/mol. The van der Waals surface area contributed by atoms with Crippen LogP contribution in [0.5, 0.6) is 0 Å². The summed E-state index contributed by atoms with van der Waals surface area (Å²) in [5.74, 6) is 0. The molecule has 0 radical (unpaired) electrons. The number of halogens is 1. The molecule has 24 heavy (non-hydrogen) atoms. The molecule has 0 saturated heterocycles. The van der Waals surface area contributed by atoms with Crippen molar-refractivity contribution in [2.24, 2.45) is 0 Å². The van der Waals surface area contributed by atoms with E-state index in [0.29, 0.717) is 17.5 Å². The van der Waals surface area contributed by atoms with E-state index in [0.717, 1.165) is 8.96 Å². The smallest absolute Gasteiger partial charge is 0.249 e. The lowest BCUT2D eigenvalue weighted by Crippen LogP contribution is -2.49. The number of anilines is 1. The number of hydrogen-bond acceptors (Lipinski definition) is 7. The minimum absolute atomic E-state index is 0.266. The molecule has 0 saturated carbocycles. The highest BCUT2D eigenvalue weighted by Gasteiger charge is 2.31. The van der Waals surface area contributed by atoms with Crippen molar-refractivity contribution in [1.82, 2.24) is 4.98 Å². The Morgan fingerprint density at radius 1 is 1.21 bits per heavy atom. The first-order chi connectivity index (χ1) is 11.4. The first-order valence-corrected chi connectivity index (χ1v) is 8.14. The van der Waals surface area contributed by atoms with Crippen LogP contribution < -0.4 is 10.9 Å². The van der Waals surface area contributed by atoms with E-state index in [1.54, 1.807) is 18.2 Å². The van der Waals surface area contributed by atoms with Gasteiger partial charge in [0.25, 0.3) is 0 Å². The maximum atomic E-state index is 11.5. The largest absolute Gasteiger partial charge is 0.394 e. The van der Waals surface area contributed by atoms with Gasteiger partial charge in [-0.05, 0) is 40.8 Å². The summed E-state index contributed by atoms with van der Waals surface area (Å²) >= 11 is 2.04. The number of hydrogen-bond donors (Lipinski definition) is 6. The number of fused-ring (bicyclic) bond motifs is 1. The van der Waals surface area contributed by atoms with Crippen molar-refractivity contribution >= 4 is 45.5 Å². The number of nitrogens with one attached hydrogen (secondary N) is 2. The number of pyridine rings is 1. The molecule has 8 nitrogen and oxygen atoms in total. The molecule has 0 aliphatic carbocycles. The van der Waals surface area contributed by atoms with Crippen molar-refractivity contribution in [2.75, 3.05) is 11.9 Å². The van der Waals surface area contributed by atoms with Crippen molar-refractivity contribution in [3.8, 4) is 0 Å². The molecule has 130 valence electrons. The van der Waals surface area contributed by atoms with Crippen molar-refractivity contribution in [3.05, 3.63) is 38.2 Å². The third-order valence-electron chi connectivity index (χ3n) is 3.57. The van der Waals surface area contributed by atoms with Crippen LogP contribution in [0.2, 0.25) is 0 Å². The summed E-state index contributed by atoms with van der Waals surface area (Å²) in [6, 6.07) is 5.23. The fourth-order valence-corrected chi connectivity index (χ4v) is 3.00. The Labute approximate surface area is 150 Å². The van der Waals surface area contributed by atoms with Crippen LogP contribution in [-0.2, 0) is 4.79 Å². The van der Waals surface area contributed by atoms with E-state index in [2.05, 4.69) is 10.3 Å². The van der Waals surface area contributed by atoms with Crippen LogP contribution in [0.1, 0.15) is 0 Å². The number of aromatic nitrogens is 1. The monoisotopic (exact) mass is 448 g/mol. The van der Waals surface area contributed by atoms with Crippen LogP contribution in [0.15, 0.2) is 29.1 Å². The van der Waals surface area contributed by atoms with Crippen molar-refractivity contribution in [1.29, 1.82) is 0 Å². The van der Waals surface area contributed by atoms with Gasteiger partial charge in [-0.2, -0.15) is 0 Å². The molecule has 0 fully saturated rings. The molecule has 0 bridgehead atoms. The summed E-state index contributed by atoms with van der Waals surface area (Å²) in [6.45, 7) is -0.751. The Morgan fingerprint density at radius 2 is 1.92 bits per heavy atom. The molecule has 1 aromatic carbocycles. The van der Waals surface area contributed by atoms with Crippen LogP contribution in [0.3, 0.4) is 0 Å². The summed E-state index contributed by atoms with van der Waals surface area (Å²) in [5, 5.41) is 41.4. The second-order valence-corrected chi connectivity index (χ2v) is 6.44. The van der Waals surface area contributed by atoms with Gasteiger partial charge in [0, 0.05) is 20.7 Å². The van der Waals surface area contributed by atoms with Crippen LogP contribution in [0.25, 0.3) is 10.9 Å². The topological polar surface area (TPSA) is 143 Å². The van der Waals surface area contributed by atoms with E-state index in [4.69, 9.17) is 5.11 Å². The van der Waals surface area contributed by atoms with Crippen LogP contribution in [0.4, 0.5) is 5.69 Å². The Kier molecular flexibility index (Phi) is 6.29. The number of aliphatic hydroxyl groups excluding tert-OH is 4. The fourth-order valence-electron chi connectivity index (χ4n) is 2.25. The summed E-state index contributed by atoms with van der Waals surface area (Å²) in [4.78, 5) is 25.4. The predicted octanol–water partition coefficient (Wildman–Crippen LogP) is -0.813. The minimum atomic E-state index is -1.70. The van der Waals surface area contributed by atoms with Crippen molar-refractivity contribution in [2.45, 2.75) is 24.4 Å². The number of rotatable bonds is 7. The van der Waals surface area contributed by atoms with Gasteiger partial charge >= 0.3 is 0 Å². The van der Waals surface area contributed by atoms with Crippen molar-refractivity contribution < 1.29 is 25.2 Å². The molecule has 0 aliphatic heterocycles. The second-order valence-electron chi connectivity index (χ2n) is 5.28. The molecule has 2 aromatic rings. The molecule has 4 atom stereocenters. The highest BCUT2D eigenvalue weighted by molar-refractivity contribution is 14.1. The molecular weight excluding hydrogens is 431 g/mol. The average Bonchev–Trinajstić information content (AvgIpc) is 2.57. The first-order valence-electron chi connectivity index (χ1n) is 7.07. The standard InChI is InChI=1S/C15H17IN2O6/c16-9-4-13(22)18-10-3-7(1-2-8(9)10)17-11(5-19)14(23)15(24)12(21)6-20/h1-5,11-12,14-15,17,20-21,23-24H,6H2,(H,18,22)/t11-,12+,14+,15+/m0/s1. The van der Waals surface area contributed by atoms with Gasteiger partial charge in [-0.25, -0.2) is 0 Å². The normalized spacial score (nSPS) is 16.4. The number of H-pyrrole nitrogens is 1. The van der Waals surface area contributed by atoms with Gasteiger partial charge < -0.3 is 35.5 Å². The van der Waals surface area contributed by atoms with Gasteiger partial charge in [-0.3, -0.25) is 4.79 Å². The Morgan fingerprint density at radius 3 is 2.54 bits per heavy atom. The number of aliphatic hydroxyl groups is 4. The lowest BCUT2D eigenvalue weighted by Gasteiger charge is -2.26. The Bertz CT molecular complexity index is 780. The van der Waals surface area contributed by atoms with E-state index in [-0.39, 0.29) is 5.56 Å². The Balaban J connectivity index is 2.26. The quantitative estimate of drug-likeness (QED) is 0.240. The molecule has 0 spiro atoms. The number of aldehydes is 1. The molecular formula is C15H17IN2O6. The van der Waals surface area contributed by atoms with E-state index >= 15 is 0 Å². The maximum absolute atomic E-state index is 11.5. The summed E-state index contributed by atoms with van der Waals surface area (Å²) in [6.07, 6.45) is -4.51. The molecule has 1 aromatic heterocycles. The van der Waals surface area contributed by atoms with Gasteiger partial charge in [0.2, 0.25) is 5.56 Å². The number of aromatic amines is 1. The third kappa shape index (κ3) is 4.11. The molecule has 0 unspecified atom stereocenters. The molecule has 6 N–H and O–H groups in total. The van der Waals surface area contributed by atoms with Gasteiger partial charge in [-0.1, -0.05) is 0 Å². The number of carbonyl (C=O) groups is 1. The number of benzene rings is 1. The summed E-state index contributed by atoms with van der Waals surface area (Å²) in [5.41, 5.74) is 0.714. The van der Waals surface area contributed by atoms with Gasteiger partial charge in [0.05, 0.1) is 12.1 Å². The van der Waals surface area contributed by atoms with E-state index in [1.807, 2.05) is 22.6 Å². The molecule has 0 aliphatic rings. The fraction of sp³-hybridized carbons (Fsp3) is 0.333. The zero-order valence-electron chi connectivity index (χ0n) is 12.4. The third-order valence-corrected chi connectivity index (χ3v) is 4.46. The SMILES string of the molecule is O=C[C@H](Nc1ccc2c(I)cc(=O)[nH]c2c1)[C@@H](O)[C@H](O)[C@H](O)CO. The van der Waals surface area contributed by atoms with Crippen LogP contribution in [0, 0.1) is 3.57 Å². The average molecular weight is 448 g/mol. The minimum Gasteiger partial charge on any atom is -0.394 e. The molecule has 9 heteroatoms. The van der Waals surface area contributed by atoms with Gasteiger partial charge in [0.1, 0.15) is 30.6 Å². The zero-order chi connectivity index (χ0) is 17.9. The molecule has 2 rings (SSSR count). The first kappa shape index (κ1) is 18.8. The lowest BCUT2D eigenvalue weighted by molar-refractivity contribution is -0.117. The highest BCUT2D eigenvalue weighted by Crippen LogP contribution is 2.21. The summed E-state index contributed by atoms with van der Waals surface area (Å²) in [7, 11) is 0. The van der Waals surface area contributed by atoms with E-state index in [9.17, 15) is 24.9 Å². The maximum Gasteiger partial charge on any atom is 0.249 e. The van der Waals surface area contributed by atoms with Crippen molar-refractivity contribution in [3.63, 3.8) is 0 Å². The van der Waals surface area contributed by atoms with Crippen LogP contribution in [-0.4, -0.2) is 62.7 Å². The van der Waals surface area contributed by atoms with E-state index in [1.165, 1.54) is 6.07 Å². The zero-order valence-corrected chi connectivity index (χ0v) is 14.5. The van der Waals surface area contributed by atoms with Crippen LogP contribution >= 0.6 is 22.6 Å². The highest BCUT2D eigenvalue weighted by atomic mass is 127. The van der Waals surface area contributed by atoms with E-state index < -0.39 is 31.0 Å². The Hall–Kier alpha value is -1.53. The van der Waals surface area contributed by atoms with Gasteiger partial charge in [0.15, 0.2) is 0 Å². The van der Waals surface area contributed by atoms with Gasteiger partial charge in [-0.15, -0.1) is 0 Å². The summed E-state index contributed by atoms with van der Waals surface area (Å²) < 4.78 is 0.770. The molecule has 1 heterocycles. The lowest BCUT2D eigenvalue weighted by atomic mass is 10.0. The number of carbonyl (C=O) groups excluding carboxylic acids is 1. The second kappa shape index (κ2) is 8.03.